The monoisotopic (exact) mass is 331 g/mol. The second kappa shape index (κ2) is 8.10. The second-order valence-electron chi connectivity index (χ2n) is 7.14. The van der Waals surface area contributed by atoms with Gasteiger partial charge in [0.05, 0.1) is 13.2 Å². The highest BCUT2D eigenvalue weighted by atomic mass is 16.3. The summed E-state index contributed by atoms with van der Waals surface area (Å²) in [6.45, 7) is 4.86. The lowest BCUT2D eigenvalue weighted by molar-refractivity contribution is -0.132. The molecular formula is C19H29N3O2. The van der Waals surface area contributed by atoms with Gasteiger partial charge in [0, 0.05) is 38.3 Å². The van der Waals surface area contributed by atoms with Crippen LogP contribution in [0.4, 0.5) is 0 Å². The maximum Gasteiger partial charge on any atom is 0.236 e. The number of hydrogen-bond donors (Lipinski definition) is 2. The summed E-state index contributed by atoms with van der Waals surface area (Å²) < 4.78 is 0. The molecule has 3 rings (SSSR count). The average molecular weight is 331 g/mol. The molecule has 2 fully saturated rings. The fourth-order valence-electron chi connectivity index (χ4n) is 3.81. The van der Waals surface area contributed by atoms with E-state index < -0.39 is 0 Å². The summed E-state index contributed by atoms with van der Waals surface area (Å²) in [6, 6.07) is 10.5. The predicted octanol–water partition coefficient (Wildman–Crippen LogP) is 1.23. The van der Waals surface area contributed by atoms with Crippen molar-refractivity contribution < 1.29 is 9.90 Å². The Morgan fingerprint density at radius 2 is 1.75 bits per heavy atom. The maximum absolute atomic E-state index is 12.4. The summed E-state index contributed by atoms with van der Waals surface area (Å²) in [7, 11) is 0. The number of carbonyl (C=O) groups is 1. The fraction of sp³-hybridized carbons (Fsp3) is 0.632. The predicted molar refractivity (Wildman–Crippen MR) is 94.6 cm³/mol. The van der Waals surface area contributed by atoms with Crippen LogP contribution in [-0.4, -0.2) is 65.7 Å². The number of hydrogen-bond acceptors (Lipinski definition) is 4. The molecule has 1 saturated heterocycles. The Labute approximate surface area is 144 Å². The average Bonchev–Trinajstić information content (AvgIpc) is 3.11. The third kappa shape index (κ3) is 4.35. The van der Waals surface area contributed by atoms with E-state index in [-0.39, 0.29) is 18.1 Å². The fourth-order valence-corrected chi connectivity index (χ4v) is 3.81. The Balaban J connectivity index is 1.42. The first-order valence-corrected chi connectivity index (χ1v) is 9.11. The zero-order valence-electron chi connectivity index (χ0n) is 14.4. The van der Waals surface area contributed by atoms with Gasteiger partial charge in [-0.05, 0) is 18.4 Å². The number of rotatable bonds is 6. The zero-order chi connectivity index (χ0) is 16.8. The van der Waals surface area contributed by atoms with E-state index in [0.717, 1.165) is 58.4 Å². The number of benzene rings is 1. The van der Waals surface area contributed by atoms with E-state index in [1.54, 1.807) is 0 Å². The molecule has 5 nitrogen and oxygen atoms in total. The molecule has 2 aliphatic rings. The Bertz CT molecular complexity index is 521. The highest BCUT2D eigenvalue weighted by molar-refractivity contribution is 5.78. The number of carbonyl (C=O) groups excluding carboxylic acids is 1. The molecule has 1 aromatic rings. The van der Waals surface area contributed by atoms with Gasteiger partial charge in [0.1, 0.15) is 0 Å². The van der Waals surface area contributed by atoms with Crippen LogP contribution < -0.4 is 5.32 Å². The molecule has 1 aromatic carbocycles. The highest BCUT2D eigenvalue weighted by Crippen LogP contribution is 2.28. The summed E-state index contributed by atoms with van der Waals surface area (Å²) in [4.78, 5) is 16.8. The van der Waals surface area contributed by atoms with Gasteiger partial charge in [0.25, 0.3) is 0 Å². The molecule has 5 heteroatoms. The molecule has 1 aliphatic carbocycles. The smallest absolute Gasteiger partial charge is 0.236 e. The van der Waals surface area contributed by atoms with Crippen LogP contribution in [0.15, 0.2) is 30.3 Å². The van der Waals surface area contributed by atoms with Crippen molar-refractivity contribution >= 4 is 5.91 Å². The number of aliphatic hydroxyl groups excluding tert-OH is 1. The van der Waals surface area contributed by atoms with Crippen LogP contribution in [0.3, 0.4) is 0 Å². The number of amides is 1. The first-order chi connectivity index (χ1) is 11.7. The molecule has 0 atom stereocenters. The Kier molecular flexibility index (Phi) is 5.87. The molecule has 1 heterocycles. The molecule has 132 valence electrons. The van der Waals surface area contributed by atoms with E-state index in [2.05, 4.69) is 34.5 Å². The minimum Gasteiger partial charge on any atom is -0.394 e. The number of piperazine rings is 1. The van der Waals surface area contributed by atoms with E-state index in [1.807, 2.05) is 11.0 Å². The zero-order valence-corrected chi connectivity index (χ0v) is 14.4. The maximum atomic E-state index is 12.4. The molecule has 0 bridgehead atoms. The van der Waals surface area contributed by atoms with Gasteiger partial charge >= 0.3 is 0 Å². The first-order valence-electron chi connectivity index (χ1n) is 9.11. The minimum atomic E-state index is -0.217. The van der Waals surface area contributed by atoms with Crippen LogP contribution >= 0.6 is 0 Å². The third-order valence-electron chi connectivity index (χ3n) is 5.45. The van der Waals surface area contributed by atoms with Crippen molar-refractivity contribution in [2.45, 2.75) is 37.8 Å². The normalized spacial score (nSPS) is 21.1. The molecule has 24 heavy (non-hydrogen) atoms. The Morgan fingerprint density at radius 3 is 2.38 bits per heavy atom. The number of aliphatic hydroxyl groups is 1. The van der Waals surface area contributed by atoms with Gasteiger partial charge in [-0.1, -0.05) is 43.2 Å². The standard InChI is InChI=1S/C19H29N3O2/c23-16-19(8-4-5-9-19)20-14-18(24)22-12-10-21(11-13-22)15-17-6-2-1-3-7-17/h1-3,6-7,20,23H,4-5,8-16H2. The molecule has 2 N–H and O–H groups in total. The van der Waals surface area contributed by atoms with Crippen LogP contribution in [0.5, 0.6) is 0 Å². The number of nitrogens with zero attached hydrogens (tertiary/aromatic N) is 2. The van der Waals surface area contributed by atoms with Gasteiger partial charge in [-0.25, -0.2) is 0 Å². The largest absolute Gasteiger partial charge is 0.394 e. The van der Waals surface area contributed by atoms with E-state index in [9.17, 15) is 9.90 Å². The van der Waals surface area contributed by atoms with Crippen LogP contribution in [0.1, 0.15) is 31.2 Å². The van der Waals surface area contributed by atoms with Gasteiger partial charge in [-0.2, -0.15) is 0 Å². The van der Waals surface area contributed by atoms with Crippen molar-refractivity contribution in [3.63, 3.8) is 0 Å². The quantitative estimate of drug-likeness (QED) is 0.823. The molecule has 1 aliphatic heterocycles. The van der Waals surface area contributed by atoms with Crippen molar-refractivity contribution in [1.82, 2.24) is 15.1 Å². The van der Waals surface area contributed by atoms with Crippen molar-refractivity contribution in [3.05, 3.63) is 35.9 Å². The molecule has 0 unspecified atom stereocenters. The molecular weight excluding hydrogens is 302 g/mol. The van der Waals surface area contributed by atoms with Crippen LogP contribution in [0.2, 0.25) is 0 Å². The Hall–Kier alpha value is -1.43. The topological polar surface area (TPSA) is 55.8 Å². The van der Waals surface area contributed by atoms with Crippen molar-refractivity contribution in [1.29, 1.82) is 0 Å². The van der Waals surface area contributed by atoms with Gasteiger partial charge in [-0.15, -0.1) is 0 Å². The summed E-state index contributed by atoms with van der Waals surface area (Å²) in [5, 5.41) is 13.0. The third-order valence-corrected chi connectivity index (χ3v) is 5.45. The summed E-state index contributed by atoms with van der Waals surface area (Å²) in [5.74, 6) is 0.161. The van der Waals surface area contributed by atoms with Crippen molar-refractivity contribution in [2.75, 3.05) is 39.3 Å². The number of nitrogens with one attached hydrogen (secondary N) is 1. The molecule has 1 amide bonds. The van der Waals surface area contributed by atoms with E-state index >= 15 is 0 Å². The second-order valence-corrected chi connectivity index (χ2v) is 7.14. The Morgan fingerprint density at radius 1 is 1.08 bits per heavy atom. The SMILES string of the molecule is O=C(CNC1(CO)CCCC1)N1CCN(Cc2ccccc2)CC1. The van der Waals surface area contributed by atoms with Gasteiger partial charge < -0.3 is 15.3 Å². The lowest BCUT2D eigenvalue weighted by atomic mass is 9.99. The highest BCUT2D eigenvalue weighted by Gasteiger charge is 2.33. The van der Waals surface area contributed by atoms with E-state index in [1.165, 1.54) is 5.56 Å². The summed E-state index contributed by atoms with van der Waals surface area (Å²) in [5.41, 5.74) is 1.11. The van der Waals surface area contributed by atoms with Crippen LogP contribution in [0, 0.1) is 0 Å². The van der Waals surface area contributed by atoms with Crippen molar-refractivity contribution in [2.24, 2.45) is 0 Å². The van der Waals surface area contributed by atoms with Gasteiger partial charge in [0.15, 0.2) is 0 Å². The van der Waals surface area contributed by atoms with E-state index in [0.29, 0.717) is 6.54 Å². The van der Waals surface area contributed by atoms with Gasteiger partial charge in [-0.3, -0.25) is 9.69 Å². The van der Waals surface area contributed by atoms with Crippen LogP contribution in [-0.2, 0) is 11.3 Å². The van der Waals surface area contributed by atoms with Gasteiger partial charge in [0.2, 0.25) is 5.91 Å². The van der Waals surface area contributed by atoms with Crippen LogP contribution in [0.25, 0.3) is 0 Å². The molecule has 0 aromatic heterocycles. The first kappa shape index (κ1) is 17.4. The minimum absolute atomic E-state index is 0.130. The molecule has 0 spiro atoms. The molecule has 0 radical (unpaired) electrons. The lowest BCUT2D eigenvalue weighted by Crippen LogP contribution is -2.54. The lowest BCUT2D eigenvalue weighted by Gasteiger charge is -2.36. The van der Waals surface area contributed by atoms with E-state index in [4.69, 9.17) is 0 Å². The summed E-state index contributed by atoms with van der Waals surface area (Å²) in [6.07, 6.45) is 4.23. The van der Waals surface area contributed by atoms with Crippen molar-refractivity contribution in [3.8, 4) is 0 Å². The molecule has 1 saturated carbocycles. The summed E-state index contributed by atoms with van der Waals surface area (Å²) >= 11 is 0.